The van der Waals surface area contributed by atoms with Crippen molar-refractivity contribution in [1.82, 2.24) is 4.98 Å². The standard InChI is InChI=1S/C13H13NO2S/c1-9-8-17-12(14-9)7-11(13(15)16)10-5-3-2-4-6-10/h2-6,8,11H,7H2,1H3,(H,15,16). The van der Waals surface area contributed by atoms with Gasteiger partial charge < -0.3 is 5.11 Å². The minimum absolute atomic E-state index is 0.456. The molecule has 0 fully saturated rings. The maximum absolute atomic E-state index is 11.3. The van der Waals surface area contributed by atoms with E-state index in [1.54, 1.807) is 0 Å². The van der Waals surface area contributed by atoms with E-state index in [4.69, 9.17) is 0 Å². The quantitative estimate of drug-likeness (QED) is 0.903. The van der Waals surface area contributed by atoms with Crippen LogP contribution in [0.25, 0.3) is 0 Å². The molecule has 2 aromatic rings. The second-order valence-electron chi connectivity index (χ2n) is 3.89. The summed E-state index contributed by atoms with van der Waals surface area (Å²) in [7, 11) is 0. The van der Waals surface area contributed by atoms with E-state index in [9.17, 15) is 9.90 Å². The molecule has 0 bridgehead atoms. The number of hydrogen-bond donors (Lipinski definition) is 1. The van der Waals surface area contributed by atoms with Gasteiger partial charge in [-0.1, -0.05) is 30.3 Å². The number of carbonyl (C=O) groups is 1. The molecule has 1 atom stereocenters. The number of rotatable bonds is 4. The molecular weight excluding hydrogens is 234 g/mol. The number of benzene rings is 1. The van der Waals surface area contributed by atoms with Gasteiger partial charge in [-0.15, -0.1) is 11.3 Å². The molecular formula is C13H13NO2S. The lowest BCUT2D eigenvalue weighted by Crippen LogP contribution is -2.14. The van der Waals surface area contributed by atoms with Crippen LogP contribution in [0.5, 0.6) is 0 Å². The van der Waals surface area contributed by atoms with Crippen LogP contribution in [0, 0.1) is 6.92 Å². The van der Waals surface area contributed by atoms with Gasteiger partial charge in [-0.2, -0.15) is 0 Å². The molecule has 0 aliphatic rings. The third kappa shape index (κ3) is 2.91. The zero-order valence-corrected chi connectivity index (χ0v) is 10.3. The topological polar surface area (TPSA) is 50.2 Å². The van der Waals surface area contributed by atoms with Crippen LogP contribution in [-0.4, -0.2) is 16.1 Å². The molecule has 3 nitrogen and oxygen atoms in total. The van der Waals surface area contributed by atoms with Crippen molar-refractivity contribution < 1.29 is 9.90 Å². The van der Waals surface area contributed by atoms with Gasteiger partial charge in [-0.3, -0.25) is 4.79 Å². The first kappa shape index (κ1) is 11.8. The number of aromatic nitrogens is 1. The third-order valence-corrected chi connectivity index (χ3v) is 3.53. The molecule has 0 saturated heterocycles. The van der Waals surface area contributed by atoms with Gasteiger partial charge in [-0.25, -0.2) is 4.98 Å². The third-order valence-electron chi connectivity index (χ3n) is 2.55. The first-order valence-electron chi connectivity index (χ1n) is 5.35. The summed E-state index contributed by atoms with van der Waals surface area (Å²) in [6.45, 7) is 1.91. The molecule has 88 valence electrons. The molecule has 0 amide bonds. The number of thiazole rings is 1. The zero-order chi connectivity index (χ0) is 12.3. The lowest BCUT2D eigenvalue weighted by Gasteiger charge is -2.10. The highest BCUT2D eigenvalue weighted by atomic mass is 32.1. The monoisotopic (exact) mass is 247 g/mol. The molecule has 2 rings (SSSR count). The second kappa shape index (κ2) is 5.10. The Labute approximate surface area is 104 Å². The molecule has 0 aliphatic heterocycles. The van der Waals surface area contributed by atoms with Crippen LogP contribution in [0.3, 0.4) is 0 Å². The average Bonchev–Trinajstić information content (AvgIpc) is 2.73. The van der Waals surface area contributed by atoms with E-state index < -0.39 is 11.9 Å². The summed E-state index contributed by atoms with van der Waals surface area (Å²) < 4.78 is 0. The molecule has 0 radical (unpaired) electrons. The fourth-order valence-corrected chi connectivity index (χ4v) is 2.52. The summed E-state index contributed by atoms with van der Waals surface area (Å²) >= 11 is 1.52. The Morgan fingerprint density at radius 3 is 2.65 bits per heavy atom. The molecule has 1 N–H and O–H groups in total. The van der Waals surface area contributed by atoms with Crippen LogP contribution >= 0.6 is 11.3 Å². The molecule has 17 heavy (non-hydrogen) atoms. The van der Waals surface area contributed by atoms with E-state index in [2.05, 4.69) is 4.98 Å². The molecule has 0 saturated carbocycles. The number of aryl methyl sites for hydroxylation is 1. The van der Waals surface area contributed by atoms with Gasteiger partial charge in [0.15, 0.2) is 0 Å². The van der Waals surface area contributed by atoms with Crippen LogP contribution in [0.1, 0.15) is 22.2 Å². The van der Waals surface area contributed by atoms with Crippen molar-refractivity contribution in [1.29, 1.82) is 0 Å². The largest absolute Gasteiger partial charge is 0.481 e. The number of hydrogen-bond acceptors (Lipinski definition) is 3. The van der Waals surface area contributed by atoms with Crippen molar-refractivity contribution in [2.24, 2.45) is 0 Å². The Hall–Kier alpha value is -1.68. The van der Waals surface area contributed by atoms with Crippen molar-refractivity contribution in [2.75, 3.05) is 0 Å². The SMILES string of the molecule is Cc1csc(CC(C(=O)O)c2ccccc2)n1. The fraction of sp³-hybridized carbons (Fsp3) is 0.231. The summed E-state index contributed by atoms with van der Waals surface area (Å²) in [5.74, 6) is -1.31. The minimum atomic E-state index is -0.802. The fourth-order valence-electron chi connectivity index (χ4n) is 1.70. The van der Waals surface area contributed by atoms with Crippen LogP contribution in [0.15, 0.2) is 35.7 Å². The average molecular weight is 247 g/mol. The number of nitrogens with zero attached hydrogens (tertiary/aromatic N) is 1. The minimum Gasteiger partial charge on any atom is -0.481 e. The van der Waals surface area contributed by atoms with E-state index >= 15 is 0 Å². The van der Waals surface area contributed by atoms with Gasteiger partial charge in [0.05, 0.1) is 10.9 Å². The van der Waals surface area contributed by atoms with Crippen molar-refractivity contribution in [3.63, 3.8) is 0 Å². The first-order chi connectivity index (χ1) is 8.16. The Balaban J connectivity index is 2.22. The molecule has 1 aromatic carbocycles. The van der Waals surface area contributed by atoms with Gasteiger partial charge in [-0.05, 0) is 12.5 Å². The maximum Gasteiger partial charge on any atom is 0.311 e. The van der Waals surface area contributed by atoms with Gasteiger partial charge >= 0.3 is 5.97 Å². The van der Waals surface area contributed by atoms with E-state index in [1.807, 2.05) is 42.6 Å². The molecule has 1 heterocycles. The zero-order valence-electron chi connectivity index (χ0n) is 9.46. The van der Waals surface area contributed by atoms with Gasteiger partial charge in [0.1, 0.15) is 0 Å². The number of carboxylic acids is 1. The lowest BCUT2D eigenvalue weighted by molar-refractivity contribution is -0.138. The lowest BCUT2D eigenvalue weighted by atomic mass is 9.96. The van der Waals surface area contributed by atoms with Crippen molar-refractivity contribution in [3.05, 3.63) is 52.0 Å². The summed E-state index contributed by atoms with van der Waals surface area (Å²) in [5, 5.41) is 12.1. The van der Waals surface area contributed by atoms with Crippen molar-refractivity contribution in [3.8, 4) is 0 Å². The van der Waals surface area contributed by atoms with Crippen LogP contribution < -0.4 is 0 Å². The van der Waals surface area contributed by atoms with E-state index in [0.717, 1.165) is 16.3 Å². The Bertz CT molecular complexity index is 507. The summed E-state index contributed by atoms with van der Waals surface area (Å²) in [4.78, 5) is 15.6. The van der Waals surface area contributed by atoms with Crippen LogP contribution in [-0.2, 0) is 11.2 Å². The van der Waals surface area contributed by atoms with Crippen molar-refractivity contribution in [2.45, 2.75) is 19.3 Å². The normalized spacial score (nSPS) is 12.3. The van der Waals surface area contributed by atoms with Gasteiger partial charge in [0.2, 0.25) is 0 Å². The first-order valence-corrected chi connectivity index (χ1v) is 6.23. The van der Waals surface area contributed by atoms with E-state index in [0.29, 0.717) is 6.42 Å². The maximum atomic E-state index is 11.3. The molecule has 0 aliphatic carbocycles. The molecule has 1 aromatic heterocycles. The Morgan fingerprint density at radius 2 is 2.12 bits per heavy atom. The molecule has 1 unspecified atom stereocenters. The molecule has 4 heteroatoms. The predicted octanol–water partition coefficient (Wildman–Crippen LogP) is 2.86. The van der Waals surface area contributed by atoms with Crippen LogP contribution in [0.4, 0.5) is 0 Å². The highest BCUT2D eigenvalue weighted by molar-refractivity contribution is 7.09. The smallest absolute Gasteiger partial charge is 0.311 e. The Morgan fingerprint density at radius 1 is 1.41 bits per heavy atom. The predicted molar refractivity (Wildman–Crippen MR) is 67.4 cm³/mol. The number of carboxylic acid groups (broad SMARTS) is 1. The van der Waals surface area contributed by atoms with E-state index in [1.165, 1.54) is 11.3 Å². The summed E-state index contributed by atoms with van der Waals surface area (Å²) in [6, 6.07) is 9.30. The summed E-state index contributed by atoms with van der Waals surface area (Å²) in [6.07, 6.45) is 0.456. The highest BCUT2D eigenvalue weighted by Gasteiger charge is 2.21. The summed E-state index contributed by atoms with van der Waals surface area (Å²) in [5.41, 5.74) is 1.77. The van der Waals surface area contributed by atoms with Crippen molar-refractivity contribution >= 4 is 17.3 Å². The molecule has 0 spiro atoms. The highest BCUT2D eigenvalue weighted by Crippen LogP contribution is 2.23. The van der Waals surface area contributed by atoms with E-state index in [-0.39, 0.29) is 0 Å². The Kier molecular flexibility index (Phi) is 3.54. The van der Waals surface area contributed by atoms with Crippen LogP contribution in [0.2, 0.25) is 0 Å². The van der Waals surface area contributed by atoms with Gasteiger partial charge in [0.25, 0.3) is 0 Å². The van der Waals surface area contributed by atoms with Gasteiger partial charge in [0, 0.05) is 17.5 Å². The second-order valence-corrected chi connectivity index (χ2v) is 4.83. The number of aliphatic carboxylic acids is 1.